The summed E-state index contributed by atoms with van der Waals surface area (Å²) in [6, 6.07) is 7.31. The van der Waals surface area contributed by atoms with Crippen LogP contribution in [0.1, 0.15) is 27.4 Å². The summed E-state index contributed by atoms with van der Waals surface area (Å²) in [5, 5.41) is 3.82. The maximum Gasteiger partial charge on any atom is 0.339 e. The molecule has 0 aliphatic heterocycles. The number of hydrogen-bond acceptors (Lipinski definition) is 4. The Hall–Kier alpha value is -1.37. The number of carbonyl (C=O) groups excluding carboxylic acids is 1. The van der Waals surface area contributed by atoms with Gasteiger partial charge in [0.05, 0.1) is 16.8 Å². The number of benzene rings is 1. The molecule has 0 saturated carbocycles. The van der Waals surface area contributed by atoms with Crippen molar-refractivity contribution >= 4 is 28.6 Å². The third-order valence-electron chi connectivity index (χ3n) is 2.62. The van der Waals surface area contributed by atoms with Crippen molar-refractivity contribution < 1.29 is 14.1 Å². The lowest BCUT2D eigenvalue weighted by atomic mass is 10.2. The van der Waals surface area contributed by atoms with E-state index in [0.717, 1.165) is 14.8 Å². The first-order chi connectivity index (χ1) is 8.59. The number of rotatable bonds is 3. The summed E-state index contributed by atoms with van der Waals surface area (Å²) in [5.41, 5.74) is 2.15. The Balaban J connectivity index is 2.08. The van der Waals surface area contributed by atoms with Gasteiger partial charge in [-0.3, -0.25) is 0 Å². The molecular formula is C13H12INO3. The van der Waals surface area contributed by atoms with Crippen molar-refractivity contribution in [2.45, 2.75) is 20.5 Å². The molecule has 0 amide bonds. The molecule has 4 nitrogen and oxygen atoms in total. The molecule has 5 heteroatoms. The van der Waals surface area contributed by atoms with E-state index in [4.69, 9.17) is 9.26 Å². The summed E-state index contributed by atoms with van der Waals surface area (Å²) < 4.78 is 11.2. The number of nitrogens with zero attached hydrogens (tertiary/aromatic N) is 1. The van der Waals surface area contributed by atoms with Crippen molar-refractivity contribution in [2.24, 2.45) is 0 Å². The van der Waals surface area contributed by atoms with Crippen molar-refractivity contribution in [3.05, 3.63) is 50.4 Å². The van der Waals surface area contributed by atoms with Crippen LogP contribution in [-0.2, 0) is 11.3 Å². The van der Waals surface area contributed by atoms with Crippen LogP contribution >= 0.6 is 22.6 Å². The van der Waals surface area contributed by atoms with Gasteiger partial charge < -0.3 is 9.26 Å². The normalized spacial score (nSPS) is 10.4. The lowest BCUT2D eigenvalue weighted by Crippen LogP contribution is -2.07. The van der Waals surface area contributed by atoms with Gasteiger partial charge in [0.15, 0.2) is 0 Å². The summed E-state index contributed by atoms with van der Waals surface area (Å²) in [5.74, 6) is 0.350. The Morgan fingerprint density at radius 3 is 2.72 bits per heavy atom. The van der Waals surface area contributed by atoms with Crippen LogP contribution in [0.4, 0.5) is 0 Å². The molecule has 0 bridgehead atoms. The summed E-state index contributed by atoms with van der Waals surface area (Å²) in [7, 11) is 0. The number of carbonyl (C=O) groups is 1. The molecule has 94 valence electrons. The second-order valence-corrected chi connectivity index (χ2v) is 5.02. The number of esters is 1. The standard InChI is InChI=1S/C13H12INO3/c1-8-11(9(2)18-15-8)7-17-13(16)10-5-3-4-6-12(10)14/h3-6H,7H2,1-2H3. The highest BCUT2D eigenvalue weighted by atomic mass is 127. The Morgan fingerprint density at radius 1 is 1.39 bits per heavy atom. The monoisotopic (exact) mass is 357 g/mol. The molecule has 1 heterocycles. The van der Waals surface area contributed by atoms with E-state index >= 15 is 0 Å². The molecule has 1 aromatic carbocycles. The fourth-order valence-electron chi connectivity index (χ4n) is 1.55. The first-order valence-corrected chi connectivity index (χ1v) is 6.51. The summed E-state index contributed by atoms with van der Waals surface area (Å²) >= 11 is 2.11. The lowest BCUT2D eigenvalue weighted by Gasteiger charge is -2.05. The molecule has 2 aromatic rings. The van der Waals surface area contributed by atoms with Gasteiger partial charge in [0.2, 0.25) is 0 Å². The predicted octanol–water partition coefficient (Wildman–Crippen LogP) is 3.25. The highest BCUT2D eigenvalue weighted by molar-refractivity contribution is 14.1. The molecule has 2 rings (SSSR count). The number of halogens is 1. The number of ether oxygens (including phenoxy) is 1. The van der Waals surface area contributed by atoms with Gasteiger partial charge in [0.1, 0.15) is 12.4 Å². The van der Waals surface area contributed by atoms with Gasteiger partial charge in [-0.2, -0.15) is 0 Å². The van der Waals surface area contributed by atoms with Crippen LogP contribution in [0.25, 0.3) is 0 Å². The minimum absolute atomic E-state index is 0.185. The van der Waals surface area contributed by atoms with Gasteiger partial charge in [-0.1, -0.05) is 17.3 Å². The molecule has 18 heavy (non-hydrogen) atoms. The molecule has 0 atom stereocenters. The highest BCUT2D eigenvalue weighted by Crippen LogP contribution is 2.16. The van der Waals surface area contributed by atoms with Crippen LogP contribution < -0.4 is 0 Å². The second kappa shape index (κ2) is 5.51. The zero-order valence-electron chi connectivity index (χ0n) is 10.1. The predicted molar refractivity (Wildman–Crippen MR) is 74.3 cm³/mol. The van der Waals surface area contributed by atoms with Gasteiger partial charge in [-0.25, -0.2) is 4.79 Å². The molecule has 0 saturated heterocycles. The van der Waals surface area contributed by atoms with Crippen molar-refractivity contribution in [3.8, 4) is 0 Å². The molecule has 0 aliphatic rings. The van der Waals surface area contributed by atoms with Crippen molar-refractivity contribution in [2.75, 3.05) is 0 Å². The maximum absolute atomic E-state index is 11.9. The van der Waals surface area contributed by atoms with Crippen molar-refractivity contribution in [1.29, 1.82) is 0 Å². The average Bonchev–Trinajstić information content (AvgIpc) is 2.67. The number of aromatic nitrogens is 1. The highest BCUT2D eigenvalue weighted by Gasteiger charge is 2.14. The van der Waals surface area contributed by atoms with E-state index in [-0.39, 0.29) is 12.6 Å². The quantitative estimate of drug-likeness (QED) is 0.625. The molecule has 0 aliphatic carbocycles. The van der Waals surface area contributed by atoms with Crippen LogP contribution in [0.2, 0.25) is 0 Å². The smallest absolute Gasteiger partial charge is 0.339 e. The summed E-state index contributed by atoms with van der Waals surface area (Å²) in [6.45, 7) is 3.81. The van der Waals surface area contributed by atoms with E-state index in [9.17, 15) is 4.79 Å². The Morgan fingerprint density at radius 2 is 2.11 bits per heavy atom. The van der Waals surface area contributed by atoms with Crippen LogP contribution in [-0.4, -0.2) is 11.1 Å². The zero-order valence-corrected chi connectivity index (χ0v) is 12.2. The van der Waals surface area contributed by atoms with Crippen LogP contribution in [0.5, 0.6) is 0 Å². The van der Waals surface area contributed by atoms with Crippen LogP contribution in [0, 0.1) is 17.4 Å². The largest absolute Gasteiger partial charge is 0.457 e. The molecule has 0 fully saturated rings. The molecule has 0 radical (unpaired) electrons. The molecular weight excluding hydrogens is 345 g/mol. The van der Waals surface area contributed by atoms with E-state index in [0.29, 0.717) is 11.3 Å². The van der Waals surface area contributed by atoms with Crippen LogP contribution in [0.3, 0.4) is 0 Å². The lowest BCUT2D eigenvalue weighted by molar-refractivity contribution is 0.0469. The van der Waals surface area contributed by atoms with Crippen LogP contribution in [0.15, 0.2) is 28.8 Å². The zero-order chi connectivity index (χ0) is 13.1. The number of hydrogen-bond donors (Lipinski definition) is 0. The molecule has 0 spiro atoms. The maximum atomic E-state index is 11.9. The Labute approximate surface area is 118 Å². The van der Waals surface area contributed by atoms with E-state index in [1.54, 1.807) is 13.0 Å². The van der Waals surface area contributed by atoms with Gasteiger partial charge in [0, 0.05) is 3.57 Å². The van der Waals surface area contributed by atoms with Gasteiger partial charge in [-0.05, 0) is 48.6 Å². The topological polar surface area (TPSA) is 52.3 Å². The molecule has 0 N–H and O–H groups in total. The van der Waals surface area contributed by atoms with Crippen molar-refractivity contribution in [3.63, 3.8) is 0 Å². The second-order valence-electron chi connectivity index (χ2n) is 3.86. The third kappa shape index (κ3) is 2.72. The first-order valence-electron chi connectivity index (χ1n) is 5.43. The fourth-order valence-corrected chi connectivity index (χ4v) is 2.16. The third-order valence-corrected chi connectivity index (χ3v) is 3.56. The minimum atomic E-state index is -0.333. The Kier molecular flexibility index (Phi) is 4.00. The fraction of sp³-hybridized carbons (Fsp3) is 0.231. The summed E-state index contributed by atoms with van der Waals surface area (Å²) in [6.07, 6.45) is 0. The average molecular weight is 357 g/mol. The van der Waals surface area contributed by atoms with E-state index < -0.39 is 0 Å². The first kappa shape index (κ1) is 13.1. The SMILES string of the molecule is Cc1noc(C)c1COC(=O)c1ccccc1I. The minimum Gasteiger partial charge on any atom is -0.457 e. The van der Waals surface area contributed by atoms with Gasteiger partial charge >= 0.3 is 5.97 Å². The van der Waals surface area contributed by atoms with E-state index in [1.165, 1.54) is 0 Å². The molecule has 0 unspecified atom stereocenters. The van der Waals surface area contributed by atoms with Gasteiger partial charge in [0.25, 0.3) is 0 Å². The van der Waals surface area contributed by atoms with Crippen molar-refractivity contribution in [1.82, 2.24) is 5.16 Å². The van der Waals surface area contributed by atoms with Gasteiger partial charge in [-0.15, -0.1) is 0 Å². The van der Waals surface area contributed by atoms with E-state index in [2.05, 4.69) is 27.7 Å². The number of aryl methyl sites for hydroxylation is 2. The summed E-state index contributed by atoms with van der Waals surface area (Å²) in [4.78, 5) is 11.9. The van der Waals surface area contributed by atoms with E-state index in [1.807, 2.05) is 25.1 Å². The molecule has 1 aromatic heterocycles. The Bertz CT molecular complexity index is 558.